The summed E-state index contributed by atoms with van der Waals surface area (Å²) in [6.45, 7) is 2.29. The number of halogens is 1. The van der Waals surface area contributed by atoms with Crippen molar-refractivity contribution in [2.24, 2.45) is 0 Å². The molecular weight excluding hydrogens is 322 g/mol. The highest BCUT2D eigenvalue weighted by molar-refractivity contribution is 6.30. The third-order valence-corrected chi connectivity index (χ3v) is 4.37. The van der Waals surface area contributed by atoms with Crippen molar-refractivity contribution in [3.8, 4) is 17.1 Å². The molecular formula is C19H18ClN3O. The van der Waals surface area contributed by atoms with Gasteiger partial charge in [0.15, 0.2) is 0 Å². The van der Waals surface area contributed by atoms with Crippen LogP contribution in [0, 0.1) is 0 Å². The van der Waals surface area contributed by atoms with Gasteiger partial charge in [-0.1, -0.05) is 35.9 Å². The molecule has 2 N–H and O–H groups in total. The maximum absolute atomic E-state index is 6.04. The van der Waals surface area contributed by atoms with Crippen molar-refractivity contribution in [2.75, 3.05) is 6.54 Å². The topological polar surface area (TPSA) is 49.9 Å². The molecule has 0 radical (unpaired) electrons. The van der Waals surface area contributed by atoms with Crippen molar-refractivity contribution in [2.45, 2.75) is 19.6 Å². The molecule has 2 aromatic carbocycles. The van der Waals surface area contributed by atoms with Gasteiger partial charge in [0.1, 0.15) is 18.2 Å². The first-order valence-corrected chi connectivity index (χ1v) is 8.42. The first kappa shape index (κ1) is 15.2. The van der Waals surface area contributed by atoms with Crippen LogP contribution >= 0.6 is 11.6 Å². The number of nitrogens with zero attached hydrogens (tertiary/aromatic N) is 1. The molecule has 0 unspecified atom stereocenters. The van der Waals surface area contributed by atoms with E-state index in [2.05, 4.69) is 10.3 Å². The molecule has 2 heterocycles. The van der Waals surface area contributed by atoms with E-state index in [1.807, 2.05) is 48.5 Å². The lowest BCUT2D eigenvalue weighted by molar-refractivity contribution is 0.307. The van der Waals surface area contributed by atoms with Gasteiger partial charge < -0.3 is 15.0 Å². The highest BCUT2D eigenvalue weighted by Crippen LogP contribution is 2.30. The number of imidazole rings is 1. The Morgan fingerprint density at radius 3 is 2.92 bits per heavy atom. The number of H-pyrrole nitrogens is 1. The molecule has 122 valence electrons. The van der Waals surface area contributed by atoms with Gasteiger partial charge in [-0.05, 0) is 29.8 Å². The van der Waals surface area contributed by atoms with Crippen molar-refractivity contribution in [3.63, 3.8) is 0 Å². The summed E-state index contributed by atoms with van der Waals surface area (Å²) in [4.78, 5) is 8.18. The van der Waals surface area contributed by atoms with Crippen molar-refractivity contribution in [1.29, 1.82) is 0 Å². The quantitative estimate of drug-likeness (QED) is 0.756. The van der Waals surface area contributed by atoms with Gasteiger partial charge in [0.05, 0.1) is 17.0 Å². The summed E-state index contributed by atoms with van der Waals surface area (Å²) < 4.78 is 6.03. The Morgan fingerprint density at radius 2 is 2.04 bits per heavy atom. The molecule has 0 atom stereocenters. The molecule has 24 heavy (non-hydrogen) atoms. The van der Waals surface area contributed by atoms with E-state index in [1.165, 1.54) is 5.69 Å². The van der Waals surface area contributed by atoms with Gasteiger partial charge in [-0.15, -0.1) is 0 Å². The predicted octanol–water partition coefficient (Wildman–Crippen LogP) is 3.95. The van der Waals surface area contributed by atoms with Gasteiger partial charge in [0, 0.05) is 24.5 Å². The van der Waals surface area contributed by atoms with E-state index in [1.54, 1.807) is 0 Å². The number of rotatable bonds is 4. The van der Waals surface area contributed by atoms with E-state index in [4.69, 9.17) is 21.3 Å². The number of benzene rings is 2. The predicted molar refractivity (Wildman–Crippen MR) is 95.2 cm³/mol. The molecule has 0 saturated heterocycles. The number of ether oxygens (including phenoxy) is 1. The number of hydrogen-bond acceptors (Lipinski definition) is 3. The van der Waals surface area contributed by atoms with Crippen LogP contribution < -0.4 is 10.1 Å². The fraction of sp³-hybridized carbons (Fsp3) is 0.211. The number of hydrogen-bond donors (Lipinski definition) is 2. The number of nitrogens with one attached hydrogen (secondary N) is 2. The highest BCUT2D eigenvalue weighted by atomic mass is 35.5. The van der Waals surface area contributed by atoms with Crippen molar-refractivity contribution in [1.82, 2.24) is 15.3 Å². The van der Waals surface area contributed by atoms with Crippen molar-refractivity contribution >= 4 is 11.6 Å². The Hall–Kier alpha value is -2.30. The lowest BCUT2D eigenvalue weighted by atomic mass is 10.2. The Balaban J connectivity index is 1.59. The lowest BCUT2D eigenvalue weighted by Gasteiger charge is -2.10. The minimum atomic E-state index is 0.472. The first-order valence-electron chi connectivity index (χ1n) is 8.05. The Labute approximate surface area is 145 Å². The normalized spacial score (nSPS) is 13.5. The van der Waals surface area contributed by atoms with Crippen molar-refractivity contribution < 1.29 is 4.74 Å². The number of aromatic nitrogens is 2. The zero-order chi connectivity index (χ0) is 16.4. The van der Waals surface area contributed by atoms with E-state index in [-0.39, 0.29) is 0 Å². The summed E-state index contributed by atoms with van der Waals surface area (Å²) in [7, 11) is 0. The molecule has 0 amide bonds. The maximum Gasteiger partial charge on any atom is 0.141 e. The Bertz CT molecular complexity index is 836. The Kier molecular flexibility index (Phi) is 4.24. The van der Waals surface area contributed by atoms with Gasteiger partial charge >= 0.3 is 0 Å². The molecule has 0 aliphatic carbocycles. The summed E-state index contributed by atoms with van der Waals surface area (Å²) in [5.74, 6) is 1.68. The molecule has 1 aliphatic heterocycles. The van der Waals surface area contributed by atoms with Crippen LogP contribution in [-0.4, -0.2) is 16.5 Å². The first-order chi connectivity index (χ1) is 11.8. The smallest absolute Gasteiger partial charge is 0.141 e. The fourth-order valence-electron chi connectivity index (χ4n) is 2.92. The molecule has 1 aromatic heterocycles. The van der Waals surface area contributed by atoms with Gasteiger partial charge in [0.25, 0.3) is 0 Å². The van der Waals surface area contributed by atoms with Gasteiger partial charge in [0.2, 0.25) is 0 Å². The van der Waals surface area contributed by atoms with Crippen LogP contribution in [0.4, 0.5) is 0 Å². The van der Waals surface area contributed by atoms with Gasteiger partial charge in [-0.2, -0.15) is 0 Å². The monoisotopic (exact) mass is 339 g/mol. The third kappa shape index (κ3) is 3.16. The number of para-hydroxylation sites is 1. The second-order valence-electron chi connectivity index (χ2n) is 5.85. The highest BCUT2D eigenvalue weighted by Gasteiger charge is 2.17. The third-order valence-electron chi connectivity index (χ3n) is 4.13. The second-order valence-corrected chi connectivity index (χ2v) is 6.29. The van der Waals surface area contributed by atoms with E-state index < -0.39 is 0 Å². The summed E-state index contributed by atoms with van der Waals surface area (Å²) in [5, 5.41) is 4.08. The van der Waals surface area contributed by atoms with Crippen LogP contribution in [0.1, 0.15) is 17.0 Å². The van der Waals surface area contributed by atoms with E-state index in [0.717, 1.165) is 52.9 Å². The van der Waals surface area contributed by atoms with Crippen LogP contribution in [0.5, 0.6) is 5.75 Å². The molecule has 0 fully saturated rings. The van der Waals surface area contributed by atoms with E-state index >= 15 is 0 Å². The lowest BCUT2D eigenvalue weighted by Crippen LogP contribution is -2.23. The van der Waals surface area contributed by atoms with Crippen LogP contribution in [-0.2, 0) is 19.6 Å². The van der Waals surface area contributed by atoms with Crippen LogP contribution in [0.2, 0.25) is 5.02 Å². The second kappa shape index (κ2) is 6.67. The molecule has 0 saturated carbocycles. The minimum absolute atomic E-state index is 0.472. The summed E-state index contributed by atoms with van der Waals surface area (Å²) in [6.07, 6.45) is 0.956. The van der Waals surface area contributed by atoms with E-state index in [0.29, 0.717) is 6.61 Å². The minimum Gasteiger partial charge on any atom is -0.488 e. The average molecular weight is 340 g/mol. The van der Waals surface area contributed by atoms with Gasteiger partial charge in [-0.3, -0.25) is 0 Å². The maximum atomic E-state index is 6.04. The summed E-state index contributed by atoms with van der Waals surface area (Å²) in [6, 6.07) is 15.7. The standard InChI is InChI=1S/C19H18ClN3O/c20-14-5-3-4-13(10-14)12-24-18-7-2-1-6-15(18)19-22-16-8-9-21-11-17(16)23-19/h1-7,10,21H,8-9,11-12H2,(H,22,23). The SMILES string of the molecule is Clc1cccc(COc2ccccc2-c2nc3c([nH]2)CNCC3)c1. The zero-order valence-electron chi connectivity index (χ0n) is 13.2. The molecule has 3 aromatic rings. The number of fused-ring (bicyclic) bond motifs is 1. The summed E-state index contributed by atoms with van der Waals surface area (Å²) >= 11 is 6.04. The fourth-order valence-corrected chi connectivity index (χ4v) is 3.14. The van der Waals surface area contributed by atoms with E-state index in [9.17, 15) is 0 Å². The van der Waals surface area contributed by atoms with Crippen LogP contribution in [0.3, 0.4) is 0 Å². The zero-order valence-corrected chi connectivity index (χ0v) is 13.9. The largest absolute Gasteiger partial charge is 0.488 e. The Morgan fingerprint density at radius 1 is 1.12 bits per heavy atom. The van der Waals surface area contributed by atoms with Gasteiger partial charge in [-0.25, -0.2) is 4.98 Å². The molecule has 5 heteroatoms. The van der Waals surface area contributed by atoms with Crippen LogP contribution in [0.15, 0.2) is 48.5 Å². The number of aromatic amines is 1. The molecule has 0 bridgehead atoms. The molecule has 4 rings (SSSR count). The molecule has 1 aliphatic rings. The summed E-state index contributed by atoms with van der Waals surface area (Å²) in [5.41, 5.74) is 4.34. The van der Waals surface area contributed by atoms with Crippen molar-refractivity contribution in [3.05, 3.63) is 70.5 Å². The van der Waals surface area contributed by atoms with Crippen LogP contribution in [0.25, 0.3) is 11.4 Å². The molecule has 0 spiro atoms. The average Bonchev–Trinajstić information content (AvgIpc) is 3.04. The molecule has 4 nitrogen and oxygen atoms in total.